The summed E-state index contributed by atoms with van der Waals surface area (Å²) in [6, 6.07) is -0.605. The van der Waals surface area contributed by atoms with Crippen LogP contribution in [0.25, 0.3) is 0 Å². The third kappa shape index (κ3) is 4.14. The van der Waals surface area contributed by atoms with Crippen LogP contribution in [0.15, 0.2) is 11.6 Å². The lowest BCUT2D eigenvalue weighted by Crippen LogP contribution is -2.53. The van der Waals surface area contributed by atoms with Crippen LogP contribution < -0.4 is 5.32 Å². The highest BCUT2D eigenvalue weighted by atomic mass is 16.5. The van der Waals surface area contributed by atoms with Crippen LogP contribution in [0.4, 0.5) is 0 Å². The Hall–Kier alpha value is -1.36. The van der Waals surface area contributed by atoms with Crippen LogP contribution in [0.1, 0.15) is 27.2 Å². The minimum Gasteiger partial charge on any atom is -0.464 e. The number of hydrogen-bond acceptors (Lipinski definition) is 4. The molecule has 0 saturated carbocycles. The first-order valence-electron chi connectivity index (χ1n) is 6.30. The molecule has 1 N–H and O–H groups in total. The van der Waals surface area contributed by atoms with Gasteiger partial charge >= 0.3 is 5.97 Å². The van der Waals surface area contributed by atoms with E-state index in [4.69, 9.17) is 9.47 Å². The molecule has 1 unspecified atom stereocenters. The Balaban J connectivity index is 2.60. The maximum Gasteiger partial charge on any atom is 0.329 e. The molecule has 0 aromatic rings. The first-order chi connectivity index (χ1) is 8.58. The van der Waals surface area contributed by atoms with Crippen molar-refractivity contribution in [2.45, 2.75) is 33.2 Å². The number of esters is 1. The number of amides is 1. The number of ether oxygens (including phenoxy) is 2. The van der Waals surface area contributed by atoms with E-state index in [1.54, 1.807) is 6.92 Å². The van der Waals surface area contributed by atoms with E-state index in [1.165, 1.54) is 6.08 Å². The maximum absolute atomic E-state index is 11.8. The molecule has 1 fully saturated rings. The van der Waals surface area contributed by atoms with Gasteiger partial charge in [0.25, 0.3) is 0 Å². The SMILES string of the molecule is CCOC(=O)C(NC(=O)/C=C(\C)CC)C1COC1. The van der Waals surface area contributed by atoms with E-state index in [9.17, 15) is 9.59 Å². The van der Waals surface area contributed by atoms with Gasteiger partial charge in [0.15, 0.2) is 0 Å². The predicted octanol–water partition coefficient (Wildman–Crippen LogP) is 1.04. The lowest BCUT2D eigenvalue weighted by Gasteiger charge is -2.32. The molecule has 1 aliphatic heterocycles. The average molecular weight is 255 g/mol. The van der Waals surface area contributed by atoms with Gasteiger partial charge in [-0.05, 0) is 20.3 Å². The smallest absolute Gasteiger partial charge is 0.329 e. The monoisotopic (exact) mass is 255 g/mol. The quantitative estimate of drug-likeness (QED) is 0.569. The number of nitrogens with one attached hydrogen (secondary N) is 1. The Morgan fingerprint density at radius 1 is 1.44 bits per heavy atom. The van der Waals surface area contributed by atoms with E-state index in [0.29, 0.717) is 19.8 Å². The Bertz CT molecular complexity index is 334. The summed E-state index contributed by atoms with van der Waals surface area (Å²) in [5.41, 5.74) is 0.972. The fourth-order valence-corrected chi connectivity index (χ4v) is 1.57. The summed E-state index contributed by atoms with van der Waals surface area (Å²) in [4.78, 5) is 23.5. The standard InChI is InChI=1S/C13H21NO4/c1-4-9(3)6-11(15)14-12(10-7-17-8-10)13(16)18-5-2/h6,10,12H,4-5,7-8H2,1-3H3,(H,14,15)/b9-6+. The average Bonchev–Trinajstić information content (AvgIpc) is 2.25. The molecular weight excluding hydrogens is 234 g/mol. The lowest BCUT2D eigenvalue weighted by molar-refractivity contribution is -0.155. The molecule has 1 heterocycles. The van der Waals surface area contributed by atoms with Crippen molar-refractivity contribution < 1.29 is 19.1 Å². The highest BCUT2D eigenvalue weighted by Crippen LogP contribution is 2.16. The van der Waals surface area contributed by atoms with E-state index in [0.717, 1.165) is 12.0 Å². The van der Waals surface area contributed by atoms with Crippen LogP contribution in [-0.2, 0) is 19.1 Å². The molecule has 0 bridgehead atoms. The van der Waals surface area contributed by atoms with Gasteiger partial charge in [-0.1, -0.05) is 12.5 Å². The van der Waals surface area contributed by atoms with Crippen LogP contribution in [0.5, 0.6) is 0 Å². The Morgan fingerprint density at radius 2 is 2.11 bits per heavy atom. The van der Waals surface area contributed by atoms with Crippen molar-refractivity contribution in [3.8, 4) is 0 Å². The van der Waals surface area contributed by atoms with Gasteiger partial charge in [0.05, 0.1) is 19.8 Å². The zero-order chi connectivity index (χ0) is 13.5. The van der Waals surface area contributed by atoms with Crippen molar-refractivity contribution in [2.75, 3.05) is 19.8 Å². The second-order valence-corrected chi connectivity index (χ2v) is 4.38. The van der Waals surface area contributed by atoms with Crippen LogP contribution in [-0.4, -0.2) is 37.7 Å². The molecule has 1 amide bonds. The van der Waals surface area contributed by atoms with Crippen LogP contribution in [0.2, 0.25) is 0 Å². The molecule has 1 rings (SSSR count). The molecule has 5 heteroatoms. The minimum atomic E-state index is -0.605. The number of rotatable bonds is 6. The summed E-state index contributed by atoms with van der Waals surface area (Å²) in [7, 11) is 0. The third-order valence-corrected chi connectivity index (χ3v) is 2.91. The third-order valence-electron chi connectivity index (χ3n) is 2.91. The zero-order valence-corrected chi connectivity index (χ0v) is 11.2. The number of carbonyl (C=O) groups excluding carboxylic acids is 2. The summed E-state index contributed by atoms with van der Waals surface area (Å²) < 4.78 is 10.0. The highest BCUT2D eigenvalue weighted by molar-refractivity contribution is 5.92. The Kier molecular flexibility index (Phi) is 5.85. The number of allylic oxidation sites excluding steroid dienone is 1. The fourth-order valence-electron chi connectivity index (χ4n) is 1.57. The molecule has 102 valence electrons. The van der Waals surface area contributed by atoms with E-state index in [2.05, 4.69) is 5.32 Å². The van der Waals surface area contributed by atoms with E-state index in [1.807, 2.05) is 13.8 Å². The molecule has 0 aliphatic carbocycles. The summed E-state index contributed by atoms with van der Waals surface area (Å²) in [6.45, 7) is 6.88. The van der Waals surface area contributed by atoms with Gasteiger partial charge in [-0.25, -0.2) is 4.79 Å². The molecule has 1 aliphatic rings. The largest absolute Gasteiger partial charge is 0.464 e. The normalized spacial score (nSPS) is 17.8. The predicted molar refractivity (Wildman–Crippen MR) is 66.9 cm³/mol. The van der Waals surface area contributed by atoms with Gasteiger partial charge in [0, 0.05) is 12.0 Å². The molecule has 0 spiro atoms. The number of carbonyl (C=O) groups is 2. The molecular formula is C13H21NO4. The zero-order valence-electron chi connectivity index (χ0n) is 11.2. The van der Waals surface area contributed by atoms with Crippen molar-refractivity contribution in [1.29, 1.82) is 0 Å². The minimum absolute atomic E-state index is 0.0170. The van der Waals surface area contributed by atoms with Gasteiger partial charge < -0.3 is 14.8 Å². The summed E-state index contributed by atoms with van der Waals surface area (Å²) >= 11 is 0. The fraction of sp³-hybridized carbons (Fsp3) is 0.692. The number of hydrogen-bond donors (Lipinski definition) is 1. The summed E-state index contributed by atoms with van der Waals surface area (Å²) in [5, 5.41) is 2.70. The molecule has 0 aromatic carbocycles. The van der Waals surface area contributed by atoms with Crippen molar-refractivity contribution in [3.63, 3.8) is 0 Å². The van der Waals surface area contributed by atoms with Crippen LogP contribution in [0.3, 0.4) is 0 Å². The second-order valence-electron chi connectivity index (χ2n) is 4.38. The molecule has 1 saturated heterocycles. The van der Waals surface area contributed by atoms with E-state index < -0.39 is 6.04 Å². The first kappa shape index (κ1) is 14.7. The van der Waals surface area contributed by atoms with Gasteiger partial charge in [0.1, 0.15) is 6.04 Å². The van der Waals surface area contributed by atoms with Gasteiger partial charge in [0.2, 0.25) is 5.91 Å². The molecule has 0 radical (unpaired) electrons. The Morgan fingerprint density at radius 3 is 2.56 bits per heavy atom. The lowest BCUT2D eigenvalue weighted by atomic mass is 9.98. The Labute approximate surface area is 108 Å². The topological polar surface area (TPSA) is 64.6 Å². The maximum atomic E-state index is 11.8. The van der Waals surface area contributed by atoms with Crippen LogP contribution >= 0.6 is 0 Å². The van der Waals surface area contributed by atoms with Gasteiger partial charge in [-0.15, -0.1) is 0 Å². The molecule has 0 aromatic heterocycles. The van der Waals surface area contributed by atoms with Crippen molar-refractivity contribution in [2.24, 2.45) is 5.92 Å². The first-order valence-corrected chi connectivity index (χ1v) is 6.30. The molecule has 1 atom stereocenters. The van der Waals surface area contributed by atoms with Crippen LogP contribution in [0, 0.1) is 5.92 Å². The highest BCUT2D eigenvalue weighted by Gasteiger charge is 2.35. The van der Waals surface area contributed by atoms with E-state index >= 15 is 0 Å². The molecule has 18 heavy (non-hydrogen) atoms. The van der Waals surface area contributed by atoms with Gasteiger partial charge in [-0.3, -0.25) is 4.79 Å². The second kappa shape index (κ2) is 7.16. The van der Waals surface area contributed by atoms with Gasteiger partial charge in [-0.2, -0.15) is 0 Å². The molecule has 5 nitrogen and oxygen atoms in total. The van der Waals surface area contributed by atoms with Crippen molar-refractivity contribution in [3.05, 3.63) is 11.6 Å². The summed E-state index contributed by atoms with van der Waals surface area (Å²) in [6.07, 6.45) is 2.33. The summed E-state index contributed by atoms with van der Waals surface area (Å²) in [5.74, 6) is -0.621. The van der Waals surface area contributed by atoms with Crippen molar-refractivity contribution >= 4 is 11.9 Å². The van der Waals surface area contributed by atoms with E-state index in [-0.39, 0.29) is 17.8 Å². The van der Waals surface area contributed by atoms with Crippen molar-refractivity contribution in [1.82, 2.24) is 5.32 Å².